The van der Waals surface area contributed by atoms with Gasteiger partial charge in [-0.05, 0) is 46.9 Å². The van der Waals surface area contributed by atoms with Crippen molar-refractivity contribution in [1.82, 2.24) is 9.88 Å². The zero-order valence-electron chi connectivity index (χ0n) is 18.5. The summed E-state index contributed by atoms with van der Waals surface area (Å²) in [5.74, 6) is 0.656. The molecule has 1 fully saturated rings. The predicted molar refractivity (Wildman–Crippen MR) is 134 cm³/mol. The van der Waals surface area contributed by atoms with Crippen molar-refractivity contribution < 1.29 is 9.90 Å². The molecule has 168 valence electrons. The molecule has 33 heavy (non-hydrogen) atoms. The van der Waals surface area contributed by atoms with Crippen LogP contribution in [0.25, 0.3) is 5.57 Å². The van der Waals surface area contributed by atoms with E-state index in [4.69, 9.17) is 0 Å². The fourth-order valence-corrected chi connectivity index (χ4v) is 5.71. The number of aromatic carboxylic acids is 1. The van der Waals surface area contributed by atoms with Crippen molar-refractivity contribution in [3.8, 4) is 0 Å². The number of carboxylic acids is 1. The maximum Gasteiger partial charge on any atom is 0.339 e. The molecule has 0 spiro atoms. The van der Waals surface area contributed by atoms with Crippen molar-refractivity contribution in [2.45, 2.75) is 17.1 Å². The number of fused-ring (bicyclic) bond motifs is 2. The molecule has 2 aliphatic rings. The fraction of sp³-hybridized carbons (Fsp3) is 0.259. The Morgan fingerprint density at radius 2 is 1.73 bits per heavy atom. The number of aromatic nitrogens is 1. The Morgan fingerprint density at radius 1 is 0.970 bits per heavy atom. The molecule has 3 heterocycles. The lowest BCUT2D eigenvalue weighted by atomic mass is 9.93. The van der Waals surface area contributed by atoms with Gasteiger partial charge in [0.2, 0.25) is 0 Å². The van der Waals surface area contributed by atoms with E-state index >= 15 is 0 Å². The zero-order valence-corrected chi connectivity index (χ0v) is 19.3. The first-order valence-corrected chi connectivity index (χ1v) is 12.4. The maximum absolute atomic E-state index is 11.5. The van der Waals surface area contributed by atoms with Crippen LogP contribution in [0.5, 0.6) is 0 Å². The highest BCUT2D eigenvalue weighted by Crippen LogP contribution is 2.40. The first kappa shape index (κ1) is 21.7. The Morgan fingerprint density at radius 3 is 2.55 bits per heavy atom. The van der Waals surface area contributed by atoms with Crippen LogP contribution in [-0.2, 0) is 5.75 Å². The van der Waals surface area contributed by atoms with Gasteiger partial charge in [0.1, 0.15) is 11.4 Å². The van der Waals surface area contributed by atoms with Crippen LogP contribution in [0.1, 0.15) is 33.5 Å². The van der Waals surface area contributed by atoms with E-state index in [1.165, 1.54) is 27.2 Å². The number of carboxylic acid groups (broad SMARTS) is 1. The van der Waals surface area contributed by atoms with Crippen molar-refractivity contribution in [2.75, 3.05) is 37.6 Å². The summed E-state index contributed by atoms with van der Waals surface area (Å²) in [6.45, 7) is 4.37. The summed E-state index contributed by atoms with van der Waals surface area (Å²) in [6.07, 6.45) is 5.05. The van der Waals surface area contributed by atoms with Gasteiger partial charge in [-0.15, -0.1) is 11.8 Å². The smallest absolute Gasteiger partial charge is 0.339 e. The Labute approximate surface area is 198 Å². The van der Waals surface area contributed by atoms with Gasteiger partial charge in [0.15, 0.2) is 0 Å². The molecule has 2 aliphatic heterocycles. The van der Waals surface area contributed by atoms with Crippen molar-refractivity contribution in [3.05, 3.63) is 95.2 Å². The Kier molecular flexibility index (Phi) is 6.46. The number of rotatable bonds is 5. The number of thioether (sulfide) groups is 1. The summed E-state index contributed by atoms with van der Waals surface area (Å²) in [5, 5.41) is 9.46. The third kappa shape index (κ3) is 4.68. The van der Waals surface area contributed by atoms with Gasteiger partial charge in [0, 0.05) is 49.6 Å². The third-order valence-electron chi connectivity index (χ3n) is 6.35. The van der Waals surface area contributed by atoms with Gasteiger partial charge >= 0.3 is 5.97 Å². The van der Waals surface area contributed by atoms with Crippen LogP contribution < -0.4 is 4.90 Å². The molecule has 0 aliphatic carbocycles. The molecule has 0 amide bonds. The van der Waals surface area contributed by atoms with Gasteiger partial charge < -0.3 is 10.0 Å². The monoisotopic (exact) mass is 457 g/mol. The lowest BCUT2D eigenvalue weighted by Crippen LogP contribution is -2.47. The van der Waals surface area contributed by atoms with Gasteiger partial charge in [-0.1, -0.05) is 48.5 Å². The number of piperazine rings is 1. The van der Waals surface area contributed by atoms with E-state index in [2.05, 4.69) is 69.4 Å². The van der Waals surface area contributed by atoms with Crippen molar-refractivity contribution in [3.63, 3.8) is 0 Å². The number of carbonyl (C=O) groups is 1. The Bertz CT molecular complexity index is 1140. The van der Waals surface area contributed by atoms with Crippen LogP contribution in [-0.4, -0.2) is 53.7 Å². The largest absolute Gasteiger partial charge is 0.478 e. The van der Waals surface area contributed by atoms with E-state index in [0.717, 1.165) is 44.9 Å². The number of pyridine rings is 1. The first-order chi connectivity index (χ1) is 16.2. The first-order valence-electron chi connectivity index (χ1n) is 11.4. The molecular formula is C27H27N3O2S. The van der Waals surface area contributed by atoms with E-state index in [0.29, 0.717) is 5.82 Å². The number of nitrogens with zero attached hydrogens (tertiary/aromatic N) is 3. The Hall–Kier alpha value is -3.09. The summed E-state index contributed by atoms with van der Waals surface area (Å²) >= 11 is 1.91. The summed E-state index contributed by atoms with van der Waals surface area (Å²) in [4.78, 5) is 21.8. The Balaban J connectivity index is 1.27. The van der Waals surface area contributed by atoms with Crippen molar-refractivity contribution in [1.29, 1.82) is 0 Å². The lowest BCUT2D eigenvalue weighted by Gasteiger charge is -2.35. The van der Waals surface area contributed by atoms with E-state index in [1.807, 2.05) is 11.8 Å². The number of anilines is 1. The van der Waals surface area contributed by atoms with Crippen LogP contribution in [0.3, 0.4) is 0 Å². The highest BCUT2D eigenvalue weighted by Gasteiger charge is 2.22. The van der Waals surface area contributed by atoms with Gasteiger partial charge in [0.25, 0.3) is 0 Å². The molecule has 6 heteroatoms. The van der Waals surface area contributed by atoms with Gasteiger partial charge in [-0.2, -0.15) is 0 Å². The highest BCUT2D eigenvalue weighted by atomic mass is 32.2. The van der Waals surface area contributed by atoms with E-state index < -0.39 is 5.97 Å². The number of hydrogen-bond donors (Lipinski definition) is 1. The van der Waals surface area contributed by atoms with Crippen LogP contribution >= 0.6 is 11.8 Å². The molecule has 2 aromatic carbocycles. The maximum atomic E-state index is 11.5. The summed E-state index contributed by atoms with van der Waals surface area (Å²) in [7, 11) is 0. The molecule has 3 aromatic rings. The van der Waals surface area contributed by atoms with Gasteiger partial charge in [-0.3, -0.25) is 4.90 Å². The predicted octanol–water partition coefficient (Wildman–Crippen LogP) is 5.03. The van der Waals surface area contributed by atoms with Crippen LogP contribution in [0.4, 0.5) is 5.82 Å². The second kappa shape index (κ2) is 9.81. The average molecular weight is 458 g/mol. The summed E-state index contributed by atoms with van der Waals surface area (Å²) < 4.78 is 0. The van der Waals surface area contributed by atoms with Crippen LogP contribution in [0, 0.1) is 0 Å². The fourth-order valence-electron chi connectivity index (χ4n) is 4.64. The SMILES string of the molecule is O=C(O)c1cccnc1N1CCN(CCC=C2c3ccccc3CSc3ccccc32)CC1. The topological polar surface area (TPSA) is 56.7 Å². The molecule has 1 aromatic heterocycles. The van der Waals surface area contributed by atoms with E-state index in [-0.39, 0.29) is 5.56 Å². The highest BCUT2D eigenvalue weighted by molar-refractivity contribution is 7.98. The average Bonchev–Trinajstić information content (AvgIpc) is 3.02. The minimum atomic E-state index is -0.922. The van der Waals surface area contributed by atoms with Crippen molar-refractivity contribution >= 4 is 29.1 Å². The number of benzene rings is 2. The minimum absolute atomic E-state index is 0.277. The summed E-state index contributed by atoms with van der Waals surface area (Å²) in [6, 6.07) is 20.8. The lowest BCUT2D eigenvalue weighted by molar-refractivity contribution is 0.0697. The van der Waals surface area contributed by atoms with E-state index in [1.54, 1.807) is 18.3 Å². The van der Waals surface area contributed by atoms with Crippen molar-refractivity contribution in [2.24, 2.45) is 0 Å². The van der Waals surface area contributed by atoms with Crippen LogP contribution in [0.2, 0.25) is 0 Å². The van der Waals surface area contributed by atoms with Gasteiger partial charge in [-0.25, -0.2) is 9.78 Å². The van der Waals surface area contributed by atoms with Gasteiger partial charge in [0.05, 0.1) is 0 Å². The molecule has 0 radical (unpaired) electrons. The molecule has 0 unspecified atom stereocenters. The zero-order chi connectivity index (χ0) is 22.6. The molecule has 5 nitrogen and oxygen atoms in total. The molecule has 0 saturated carbocycles. The van der Waals surface area contributed by atoms with E-state index in [9.17, 15) is 9.90 Å². The quantitative estimate of drug-likeness (QED) is 0.580. The third-order valence-corrected chi connectivity index (χ3v) is 7.47. The molecular weight excluding hydrogens is 430 g/mol. The second-order valence-electron chi connectivity index (χ2n) is 8.36. The standard InChI is InChI=1S/C27H27N3O2S/c31-27(32)24-10-5-13-28-26(24)30-17-15-29(16-18-30)14-6-11-22-21-8-2-1-7-20(21)19-33-25-12-4-3-9-23(22)25/h1-5,7-13H,6,14-19H2,(H,31,32). The number of hydrogen-bond acceptors (Lipinski definition) is 5. The molecule has 0 atom stereocenters. The summed E-state index contributed by atoms with van der Waals surface area (Å²) in [5.41, 5.74) is 5.68. The molecule has 1 saturated heterocycles. The molecule has 1 N–H and O–H groups in total. The normalized spacial score (nSPS) is 17.3. The molecule has 0 bridgehead atoms. The molecule has 5 rings (SSSR count). The second-order valence-corrected chi connectivity index (χ2v) is 9.37. The minimum Gasteiger partial charge on any atom is -0.478 e. The van der Waals surface area contributed by atoms with Crippen LogP contribution in [0.15, 0.2) is 77.8 Å².